The summed E-state index contributed by atoms with van der Waals surface area (Å²) in [7, 11) is 3.13. The quantitative estimate of drug-likeness (QED) is 0.620. The smallest absolute Gasteiger partial charge is 0.255 e. The molecule has 0 unspecified atom stereocenters. The molecule has 2 heterocycles. The van der Waals surface area contributed by atoms with Gasteiger partial charge < -0.3 is 15.4 Å². The van der Waals surface area contributed by atoms with Crippen LogP contribution in [0.4, 0.5) is 19.0 Å². The molecule has 9 heteroatoms. The van der Waals surface area contributed by atoms with Crippen LogP contribution in [0.25, 0.3) is 11.3 Å². The lowest BCUT2D eigenvalue weighted by Crippen LogP contribution is -2.24. The van der Waals surface area contributed by atoms with Gasteiger partial charge in [0, 0.05) is 38.0 Å². The van der Waals surface area contributed by atoms with E-state index in [1.54, 1.807) is 19.3 Å². The molecule has 0 atom stereocenters. The summed E-state index contributed by atoms with van der Waals surface area (Å²) in [6.07, 6.45) is -0.0598. The van der Waals surface area contributed by atoms with E-state index in [1.165, 1.54) is 34.8 Å². The number of pyridine rings is 1. The first-order chi connectivity index (χ1) is 13.9. The molecule has 154 valence electrons. The van der Waals surface area contributed by atoms with Crippen LogP contribution < -0.4 is 15.4 Å². The van der Waals surface area contributed by atoms with E-state index in [1.807, 2.05) is 12.1 Å². The fraction of sp³-hybridized carbons (Fsp3) is 0.300. The predicted molar refractivity (Wildman–Crippen MR) is 105 cm³/mol. The Bertz CT molecular complexity index is 959. The van der Waals surface area contributed by atoms with E-state index >= 15 is 0 Å². The Morgan fingerprint density at radius 1 is 1.21 bits per heavy atom. The van der Waals surface area contributed by atoms with Crippen molar-refractivity contribution in [3.8, 4) is 22.9 Å². The second-order valence-corrected chi connectivity index (χ2v) is 6.57. The fourth-order valence-corrected chi connectivity index (χ4v) is 2.82. The van der Waals surface area contributed by atoms with Gasteiger partial charge in [-0.1, -0.05) is 6.07 Å². The molecule has 1 aromatic carbocycles. The third-order valence-corrected chi connectivity index (χ3v) is 4.32. The van der Waals surface area contributed by atoms with Gasteiger partial charge in [0.15, 0.2) is 5.82 Å². The topological polar surface area (TPSA) is 69.2 Å². The van der Waals surface area contributed by atoms with Crippen molar-refractivity contribution < 1.29 is 17.9 Å². The second kappa shape index (κ2) is 8.95. The zero-order chi connectivity index (χ0) is 21.0. The van der Waals surface area contributed by atoms with Crippen LogP contribution in [0.15, 0.2) is 42.6 Å². The molecule has 2 N–H and O–H groups in total. The Labute approximate surface area is 166 Å². The Balaban J connectivity index is 1.90. The lowest BCUT2D eigenvalue weighted by atomic mass is 10.1. The molecule has 2 aromatic heterocycles. The van der Waals surface area contributed by atoms with Gasteiger partial charge in [-0.05, 0) is 36.7 Å². The molecule has 29 heavy (non-hydrogen) atoms. The van der Waals surface area contributed by atoms with E-state index in [4.69, 9.17) is 10.5 Å². The number of rotatable bonds is 8. The number of ether oxygens (including phenoxy) is 1. The van der Waals surface area contributed by atoms with E-state index in [9.17, 15) is 13.2 Å². The summed E-state index contributed by atoms with van der Waals surface area (Å²) in [6.45, 7) is 0.0650. The van der Waals surface area contributed by atoms with Crippen LogP contribution in [0, 0.1) is 5.82 Å². The van der Waals surface area contributed by atoms with Crippen molar-refractivity contribution in [2.24, 2.45) is 12.8 Å². The van der Waals surface area contributed by atoms with Gasteiger partial charge in [0.2, 0.25) is 5.88 Å². The van der Waals surface area contributed by atoms with Crippen LogP contribution in [0.3, 0.4) is 0 Å². The van der Waals surface area contributed by atoms with Gasteiger partial charge in [-0.2, -0.15) is 5.10 Å². The standard InChI is InChI=1S/C20H22F3N5O/c1-27(12-18(22)23)19-10-20(28(2)26-19)29-17-9-14(21)4-5-15(17)16-6-3-13(7-8-24)11-25-16/h3-6,9-11,18H,7-8,12,24H2,1-2H3. The van der Waals surface area contributed by atoms with E-state index in [2.05, 4.69) is 10.1 Å². The van der Waals surface area contributed by atoms with Crippen molar-refractivity contribution in [3.63, 3.8) is 0 Å². The summed E-state index contributed by atoms with van der Waals surface area (Å²) in [4.78, 5) is 5.74. The van der Waals surface area contributed by atoms with Gasteiger partial charge in [-0.25, -0.2) is 17.9 Å². The normalized spacial score (nSPS) is 11.1. The maximum atomic E-state index is 13.9. The molecular weight excluding hydrogens is 383 g/mol. The molecule has 0 saturated heterocycles. The molecule has 0 aliphatic heterocycles. The highest BCUT2D eigenvalue weighted by Crippen LogP contribution is 2.34. The van der Waals surface area contributed by atoms with Gasteiger partial charge in [0.25, 0.3) is 6.43 Å². The van der Waals surface area contributed by atoms with E-state index in [0.717, 1.165) is 5.56 Å². The van der Waals surface area contributed by atoms with Gasteiger partial charge in [-0.15, -0.1) is 0 Å². The molecular formula is C20H22F3N5O. The number of nitrogens with zero attached hydrogens (tertiary/aromatic N) is 4. The molecule has 0 amide bonds. The van der Waals surface area contributed by atoms with Gasteiger partial charge in [0.1, 0.15) is 11.6 Å². The van der Waals surface area contributed by atoms with Crippen LogP contribution in [-0.2, 0) is 13.5 Å². The molecule has 0 radical (unpaired) electrons. The second-order valence-electron chi connectivity index (χ2n) is 6.57. The number of nitrogens with two attached hydrogens (primary N) is 1. The molecule has 6 nitrogen and oxygen atoms in total. The third kappa shape index (κ3) is 5.05. The van der Waals surface area contributed by atoms with Gasteiger partial charge in [0.05, 0.1) is 12.2 Å². The minimum Gasteiger partial charge on any atom is -0.438 e. The average molecular weight is 405 g/mol. The molecule has 0 spiro atoms. The Hall–Kier alpha value is -3.07. The Morgan fingerprint density at radius 2 is 2.00 bits per heavy atom. The predicted octanol–water partition coefficient (Wildman–Crippen LogP) is 3.62. The van der Waals surface area contributed by atoms with Gasteiger partial charge >= 0.3 is 0 Å². The SMILES string of the molecule is CN(CC(F)F)c1cc(Oc2cc(F)ccc2-c2ccc(CCN)cn2)n(C)n1. The number of aromatic nitrogens is 3. The van der Waals surface area contributed by atoms with Crippen LogP contribution in [-0.4, -0.2) is 41.3 Å². The molecule has 3 rings (SSSR count). The minimum atomic E-state index is -2.49. The van der Waals surface area contributed by atoms with Crippen LogP contribution >= 0.6 is 0 Å². The van der Waals surface area contributed by atoms with E-state index in [0.29, 0.717) is 30.0 Å². The summed E-state index contributed by atoms with van der Waals surface area (Å²) in [5.41, 5.74) is 7.76. The largest absolute Gasteiger partial charge is 0.438 e. The minimum absolute atomic E-state index is 0.245. The highest BCUT2D eigenvalue weighted by atomic mass is 19.3. The zero-order valence-corrected chi connectivity index (χ0v) is 16.1. The maximum absolute atomic E-state index is 13.9. The lowest BCUT2D eigenvalue weighted by molar-refractivity contribution is 0.156. The first-order valence-electron chi connectivity index (χ1n) is 9.03. The molecule has 3 aromatic rings. The number of halogens is 3. The summed E-state index contributed by atoms with van der Waals surface area (Å²) in [5, 5.41) is 4.18. The number of anilines is 1. The summed E-state index contributed by atoms with van der Waals surface area (Å²) in [6, 6.07) is 9.40. The molecule has 0 fully saturated rings. The van der Waals surface area contributed by atoms with Crippen molar-refractivity contribution in [3.05, 3.63) is 54.0 Å². The molecule has 0 bridgehead atoms. The number of benzene rings is 1. The van der Waals surface area contributed by atoms with Gasteiger partial charge in [-0.3, -0.25) is 4.98 Å². The van der Waals surface area contributed by atoms with Crippen molar-refractivity contribution in [2.75, 3.05) is 25.0 Å². The third-order valence-electron chi connectivity index (χ3n) is 4.32. The van der Waals surface area contributed by atoms with Crippen molar-refractivity contribution in [2.45, 2.75) is 12.8 Å². The maximum Gasteiger partial charge on any atom is 0.255 e. The Morgan fingerprint density at radius 3 is 2.66 bits per heavy atom. The first kappa shape index (κ1) is 20.7. The summed E-state index contributed by atoms with van der Waals surface area (Å²) >= 11 is 0. The first-order valence-corrected chi connectivity index (χ1v) is 9.03. The molecule has 0 aliphatic rings. The highest BCUT2D eigenvalue weighted by molar-refractivity contribution is 5.67. The van der Waals surface area contributed by atoms with Crippen molar-refractivity contribution in [1.29, 1.82) is 0 Å². The number of hydrogen-bond donors (Lipinski definition) is 1. The monoisotopic (exact) mass is 405 g/mol. The summed E-state index contributed by atoms with van der Waals surface area (Å²) in [5.74, 6) is 0.383. The number of aryl methyl sites for hydroxylation is 1. The molecule has 0 saturated carbocycles. The average Bonchev–Trinajstić information content (AvgIpc) is 3.03. The van der Waals surface area contributed by atoms with E-state index in [-0.39, 0.29) is 11.6 Å². The fourth-order valence-electron chi connectivity index (χ4n) is 2.82. The van der Waals surface area contributed by atoms with Crippen LogP contribution in [0.5, 0.6) is 11.6 Å². The van der Waals surface area contributed by atoms with E-state index < -0.39 is 18.8 Å². The lowest BCUT2D eigenvalue weighted by Gasteiger charge is -2.14. The number of hydrogen-bond acceptors (Lipinski definition) is 5. The summed E-state index contributed by atoms with van der Waals surface area (Å²) < 4.78 is 46.4. The number of alkyl halides is 2. The highest BCUT2D eigenvalue weighted by Gasteiger charge is 2.17. The van der Waals surface area contributed by atoms with Crippen LogP contribution in [0.2, 0.25) is 0 Å². The Kier molecular flexibility index (Phi) is 6.38. The van der Waals surface area contributed by atoms with Crippen LogP contribution in [0.1, 0.15) is 5.56 Å². The van der Waals surface area contributed by atoms with Crippen molar-refractivity contribution >= 4 is 5.82 Å². The molecule has 0 aliphatic carbocycles. The zero-order valence-electron chi connectivity index (χ0n) is 16.1. The van der Waals surface area contributed by atoms with Crippen molar-refractivity contribution in [1.82, 2.24) is 14.8 Å².